The Morgan fingerprint density at radius 2 is 2.32 bits per heavy atom. The quantitative estimate of drug-likeness (QED) is 0.863. The Balaban J connectivity index is 2.07. The number of amides is 1. The lowest BCUT2D eigenvalue weighted by molar-refractivity contribution is 0.0996. The van der Waals surface area contributed by atoms with Crippen LogP contribution in [0.1, 0.15) is 28.2 Å². The zero-order valence-corrected chi connectivity index (χ0v) is 10.7. The summed E-state index contributed by atoms with van der Waals surface area (Å²) in [6.07, 6.45) is 2.74. The summed E-state index contributed by atoms with van der Waals surface area (Å²) in [7, 11) is 0. The van der Waals surface area contributed by atoms with Gasteiger partial charge in [-0.3, -0.25) is 4.79 Å². The van der Waals surface area contributed by atoms with Crippen molar-refractivity contribution in [3.63, 3.8) is 0 Å². The van der Waals surface area contributed by atoms with Crippen LogP contribution >= 0.6 is 0 Å². The Labute approximate surface area is 111 Å². The fourth-order valence-corrected chi connectivity index (χ4v) is 1.80. The predicted molar refractivity (Wildman–Crippen MR) is 71.0 cm³/mol. The normalized spacial score (nSPS) is 10.4. The molecule has 1 amide bonds. The minimum atomic E-state index is -0.311. The van der Waals surface area contributed by atoms with Crippen LogP contribution in [0.15, 0.2) is 35.1 Å². The van der Waals surface area contributed by atoms with Crippen molar-refractivity contribution in [2.45, 2.75) is 19.8 Å². The molecule has 1 aromatic heterocycles. The van der Waals surface area contributed by atoms with Gasteiger partial charge in [0.2, 0.25) is 5.76 Å². The molecular formula is C14H16N2O3. The predicted octanol–water partition coefficient (Wildman–Crippen LogP) is 2.16. The summed E-state index contributed by atoms with van der Waals surface area (Å²) in [5, 5.41) is 11.6. The van der Waals surface area contributed by atoms with E-state index in [4.69, 9.17) is 9.52 Å². The molecule has 100 valence electrons. The van der Waals surface area contributed by atoms with Gasteiger partial charge in [-0.2, -0.15) is 0 Å². The number of carbonyl (C=O) groups excluding carboxylic acids is 1. The molecule has 0 radical (unpaired) electrons. The van der Waals surface area contributed by atoms with Gasteiger partial charge in [-0.25, -0.2) is 4.98 Å². The maximum atomic E-state index is 11.9. The molecule has 0 aliphatic heterocycles. The number of aryl methyl sites for hydroxylation is 2. The Bertz CT molecular complexity index is 563. The first-order valence-corrected chi connectivity index (χ1v) is 6.12. The Morgan fingerprint density at radius 3 is 3.00 bits per heavy atom. The lowest BCUT2D eigenvalue weighted by Crippen LogP contribution is -2.12. The minimum Gasteiger partial charge on any atom is -0.438 e. The van der Waals surface area contributed by atoms with Crippen molar-refractivity contribution in [1.29, 1.82) is 0 Å². The molecule has 0 fully saturated rings. The van der Waals surface area contributed by atoms with Crippen molar-refractivity contribution in [1.82, 2.24) is 4.98 Å². The highest BCUT2D eigenvalue weighted by Crippen LogP contribution is 2.14. The molecule has 0 saturated heterocycles. The average Bonchev–Trinajstić information content (AvgIpc) is 2.83. The third kappa shape index (κ3) is 3.42. The second-order valence-corrected chi connectivity index (χ2v) is 4.25. The van der Waals surface area contributed by atoms with Gasteiger partial charge in [0.1, 0.15) is 0 Å². The SMILES string of the molecule is Cc1ncoc1C(=O)Nc1cccc(CCCO)c1. The van der Waals surface area contributed by atoms with E-state index in [2.05, 4.69) is 10.3 Å². The van der Waals surface area contributed by atoms with Gasteiger partial charge in [0.15, 0.2) is 6.39 Å². The number of anilines is 1. The largest absolute Gasteiger partial charge is 0.438 e. The fraction of sp³-hybridized carbons (Fsp3) is 0.286. The Morgan fingerprint density at radius 1 is 1.47 bits per heavy atom. The van der Waals surface area contributed by atoms with Crippen LogP contribution in [0.4, 0.5) is 5.69 Å². The standard InChI is InChI=1S/C14H16N2O3/c1-10-13(19-9-15-10)14(18)16-12-6-2-4-11(8-12)5-3-7-17/h2,4,6,8-9,17H,3,5,7H2,1H3,(H,16,18). The topological polar surface area (TPSA) is 75.4 Å². The van der Waals surface area contributed by atoms with Crippen molar-refractivity contribution in [2.75, 3.05) is 11.9 Å². The fourth-order valence-electron chi connectivity index (χ4n) is 1.80. The van der Waals surface area contributed by atoms with Gasteiger partial charge in [-0.15, -0.1) is 0 Å². The smallest absolute Gasteiger partial charge is 0.293 e. The molecule has 1 aromatic carbocycles. The lowest BCUT2D eigenvalue weighted by Gasteiger charge is -2.06. The highest BCUT2D eigenvalue weighted by atomic mass is 16.3. The zero-order valence-electron chi connectivity index (χ0n) is 10.7. The van der Waals surface area contributed by atoms with E-state index in [1.807, 2.05) is 24.3 Å². The van der Waals surface area contributed by atoms with Crippen LogP contribution in [0.3, 0.4) is 0 Å². The van der Waals surface area contributed by atoms with E-state index in [9.17, 15) is 4.79 Å². The van der Waals surface area contributed by atoms with Crippen molar-refractivity contribution in [3.05, 3.63) is 47.7 Å². The van der Waals surface area contributed by atoms with Crippen LogP contribution < -0.4 is 5.32 Å². The number of nitrogens with one attached hydrogen (secondary N) is 1. The summed E-state index contributed by atoms with van der Waals surface area (Å²) < 4.78 is 5.04. The van der Waals surface area contributed by atoms with Crippen LogP contribution in [-0.4, -0.2) is 22.6 Å². The van der Waals surface area contributed by atoms with Gasteiger partial charge in [0, 0.05) is 12.3 Å². The molecule has 5 nitrogen and oxygen atoms in total. The number of aromatic nitrogens is 1. The molecular weight excluding hydrogens is 244 g/mol. The number of carbonyl (C=O) groups is 1. The van der Waals surface area contributed by atoms with Crippen molar-refractivity contribution in [2.24, 2.45) is 0 Å². The molecule has 2 rings (SSSR count). The Kier molecular flexibility index (Phi) is 4.30. The molecule has 0 aliphatic rings. The van der Waals surface area contributed by atoms with Crippen molar-refractivity contribution < 1.29 is 14.3 Å². The van der Waals surface area contributed by atoms with Crippen LogP contribution in [0, 0.1) is 6.92 Å². The third-order valence-corrected chi connectivity index (χ3v) is 2.76. The van der Waals surface area contributed by atoms with Gasteiger partial charge >= 0.3 is 0 Å². The summed E-state index contributed by atoms with van der Waals surface area (Å²) >= 11 is 0. The van der Waals surface area contributed by atoms with E-state index >= 15 is 0 Å². The van der Waals surface area contributed by atoms with Crippen molar-refractivity contribution in [3.8, 4) is 0 Å². The molecule has 0 atom stereocenters. The van der Waals surface area contributed by atoms with Gasteiger partial charge in [0.05, 0.1) is 5.69 Å². The monoisotopic (exact) mass is 260 g/mol. The van der Waals surface area contributed by atoms with Gasteiger partial charge in [0.25, 0.3) is 5.91 Å². The maximum Gasteiger partial charge on any atom is 0.293 e. The molecule has 1 heterocycles. The zero-order chi connectivity index (χ0) is 13.7. The molecule has 0 bridgehead atoms. The molecule has 0 unspecified atom stereocenters. The van der Waals surface area contributed by atoms with E-state index < -0.39 is 0 Å². The summed E-state index contributed by atoms with van der Waals surface area (Å²) in [5.74, 6) is -0.0879. The van der Waals surface area contributed by atoms with E-state index in [-0.39, 0.29) is 18.3 Å². The summed E-state index contributed by atoms with van der Waals surface area (Å²) in [4.78, 5) is 15.8. The molecule has 0 saturated carbocycles. The van der Waals surface area contributed by atoms with Gasteiger partial charge in [-0.05, 0) is 37.5 Å². The molecule has 19 heavy (non-hydrogen) atoms. The Hall–Kier alpha value is -2.14. The van der Waals surface area contributed by atoms with Crippen LogP contribution in [-0.2, 0) is 6.42 Å². The summed E-state index contributed by atoms with van der Waals surface area (Å²) in [6.45, 7) is 1.88. The first-order chi connectivity index (χ1) is 9.20. The number of aliphatic hydroxyl groups is 1. The number of hydrogen-bond donors (Lipinski definition) is 2. The molecule has 5 heteroatoms. The minimum absolute atomic E-state index is 0.161. The highest BCUT2D eigenvalue weighted by molar-refractivity contribution is 6.02. The number of hydrogen-bond acceptors (Lipinski definition) is 4. The lowest BCUT2D eigenvalue weighted by atomic mass is 10.1. The first-order valence-electron chi connectivity index (χ1n) is 6.12. The van der Waals surface area contributed by atoms with E-state index in [0.29, 0.717) is 17.8 Å². The highest BCUT2D eigenvalue weighted by Gasteiger charge is 2.13. The number of benzene rings is 1. The molecule has 0 aliphatic carbocycles. The summed E-state index contributed by atoms with van der Waals surface area (Å²) in [5.41, 5.74) is 2.34. The van der Waals surface area contributed by atoms with E-state index in [0.717, 1.165) is 12.0 Å². The number of nitrogens with zero attached hydrogens (tertiary/aromatic N) is 1. The second-order valence-electron chi connectivity index (χ2n) is 4.25. The van der Waals surface area contributed by atoms with E-state index in [1.54, 1.807) is 6.92 Å². The molecule has 0 spiro atoms. The average molecular weight is 260 g/mol. The summed E-state index contributed by atoms with van der Waals surface area (Å²) in [6, 6.07) is 7.53. The molecule has 2 aromatic rings. The van der Waals surface area contributed by atoms with Crippen LogP contribution in [0.2, 0.25) is 0 Å². The van der Waals surface area contributed by atoms with Gasteiger partial charge in [-0.1, -0.05) is 12.1 Å². The third-order valence-electron chi connectivity index (χ3n) is 2.76. The number of rotatable bonds is 5. The van der Waals surface area contributed by atoms with Crippen molar-refractivity contribution >= 4 is 11.6 Å². The van der Waals surface area contributed by atoms with Crippen LogP contribution in [0.25, 0.3) is 0 Å². The molecule has 2 N–H and O–H groups in total. The number of oxazole rings is 1. The van der Waals surface area contributed by atoms with Gasteiger partial charge < -0.3 is 14.8 Å². The first kappa shape index (κ1) is 13.3. The maximum absolute atomic E-state index is 11.9. The van der Waals surface area contributed by atoms with E-state index in [1.165, 1.54) is 6.39 Å². The van der Waals surface area contributed by atoms with Crippen LogP contribution in [0.5, 0.6) is 0 Å². The number of aliphatic hydroxyl groups excluding tert-OH is 1. The second kappa shape index (κ2) is 6.15.